The van der Waals surface area contributed by atoms with E-state index in [-0.39, 0.29) is 28.8 Å². The fraction of sp³-hybridized carbons (Fsp3) is 0.308. The molecule has 0 aliphatic carbocycles. The zero-order valence-electron chi connectivity index (χ0n) is 20.6. The lowest BCUT2D eigenvalue weighted by Crippen LogP contribution is -2.44. The predicted molar refractivity (Wildman–Crippen MR) is 137 cm³/mol. The molecule has 1 aliphatic rings. The van der Waals surface area contributed by atoms with Gasteiger partial charge in [-0.25, -0.2) is 9.37 Å². The second-order valence-corrected chi connectivity index (χ2v) is 9.13. The second-order valence-electron chi connectivity index (χ2n) is 9.13. The Bertz CT molecular complexity index is 1450. The quantitative estimate of drug-likeness (QED) is 0.356. The Morgan fingerprint density at radius 2 is 2.05 bits per heavy atom. The lowest BCUT2D eigenvalue weighted by molar-refractivity contribution is -0.0175. The molecule has 5 rings (SSSR count). The zero-order chi connectivity index (χ0) is 25.9. The summed E-state index contributed by atoms with van der Waals surface area (Å²) >= 11 is 0. The lowest BCUT2D eigenvalue weighted by atomic mass is 10.1. The molecular weight excluding hydrogens is 477 g/mol. The maximum absolute atomic E-state index is 14.5. The van der Waals surface area contributed by atoms with Crippen molar-refractivity contribution in [2.75, 3.05) is 38.1 Å². The van der Waals surface area contributed by atoms with Crippen LogP contribution in [0.3, 0.4) is 0 Å². The highest BCUT2D eigenvalue weighted by Crippen LogP contribution is 2.24. The monoisotopic (exact) mass is 505 g/mol. The third kappa shape index (κ3) is 5.68. The van der Waals surface area contributed by atoms with Gasteiger partial charge in [-0.1, -0.05) is 0 Å². The Hall–Kier alpha value is -4.09. The molecule has 0 bridgehead atoms. The van der Waals surface area contributed by atoms with Crippen LogP contribution in [0.15, 0.2) is 48.9 Å². The number of nitrogens with zero attached hydrogens (tertiary/aromatic N) is 4. The molecule has 0 saturated carbocycles. The highest BCUT2D eigenvalue weighted by Gasteiger charge is 2.18. The van der Waals surface area contributed by atoms with E-state index in [1.165, 1.54) is 24.4 Å². The van der Waals surface area contributed by atoms with E-state index in [0.717, 1.165) is 29.7 Å². The van der Waals surface area contributed by atoms with Crippen molar-refractivity contribution in [3.8, 4) is 11.3 Å². The summed E-state index contributed by atoms with van der Waals surface area (Å²) in [5, 5.41) is 10.3. The number of nitrogens with one attached hydrogen (secondary N) is 3. The van der Waals surface area contributed by atoms with Gasteiger partial charge in [-0.3, -0.25) is 19.2 Å². The zero-order valence-corrected chi connectivity index (χ0v) is 20.6. The van der Waals surface area contributed by atoms with Crippen LogP contribution in [0, 0.1) is 5.82 Å². The molecule has 4 aromatic rings. The van der Waals surface area contributed by atoms with E-state index in [9.17, 15) is 14.0 Å². The summed E-state index contributed by atoms with van der Waals surface area (Å²) in [6, 6.07) is 7.45. The lowest BCUT2D eigenvalue weighted by Gasteiger charge is -2.30. The minimum atomic E-state index is -0.637. The number of benzene rings is 1. The summed E-state index contributed by atoms with van der Waals surface area (Å²) in [5.74, 6) is -1.51. The van der Waals surface area contributed by atoms with Gasteiger partial charge in [0.2, 0.25) is 0 Å². The molecule has 11 heteroatoms. The minimum Gasteiger partial charge on any atom is -0.376 e. The fourth-order valence-electron chi connectivity index (χ4n) is 4.34. The largest absolute Gasteiger partial charge is 0.376 e. The van der Waals surface area contributed by atoms with Crippen molar-refractivity contribution in [1.82, 2.24) is 30.0 Å². The Morgan fingerprint density at radius 1 is 1.19 bits per heavy atom. The maximum Gasteiger partial charge on any atom is 0.257 e. The highest BCUT2D eigenvalue weighted by molar-refractivity contribution is 6.06. The van der Waals surface area contributed by atoms with Crippen LogP contribution in [0.25, 0.3) is 22.3 Å². The summed E-state index contributed by atoms with van der Waals surface area (Å²) in [7, 11) is 1.83. The molecule has 3 N–H and O–H groups in total. The number of pyridine rings is 1. The first-order valence-corrected chi connectivity index (χ1v) is 12.1. The number of aryl methyl sites for hydroxylation is 1. The van der Waals surface area contributed by atoms with Crippen molar-refractivity contribution in [2.45, 2.75) is 13.0 Å². The van der Waals surface area contributed by atoms with Gasteiger partial charge in [0, 0.05) is 62.1 Å². The Kier molecular flexibility index (Phi) is 6.97. The molecule has 37 heavy (non-hydrogen) atoms. The first-order chi connectivity index (χ1) is 17.9. The molecule has 10 nitrogen and oxygen atoms in total. The molecule has 192 valence electrons. The van der Waals surface area contributed by atoms with Gasteiger partial charge in [-0.15, -0.1) is 0 Å². The number of carbonyl (C=O) groups is 2. The van der Waals surface area contributed by atoms with Gasteiger partial charge in [-0.2, -0.15) is 5.10 Å². The molecule has 1 unspecified atom stereocenters. The van der Waals surface area contributed by atoms with Crippen LogP contribution in [-0.2, 0) is 11.8 Å². The van der Waals surface area contributed by atoms with Crippen LogP contribution in [0.2, 0.25) is 0 Å². The number of rotatable bonds is 7. The van der Waals surface area contributed by atoms with Crippen LogP contribution >= 0.6 is 0 Å². The molecule has 3 aromatic heterocycles. The number of anilines is 1. The van der Waals surface area contributed by atoms with Crippen molar-refractivity contribution in [2.24, 2.45) is 7.05 Å². The molecule has 1 atom stereocenters. The van der Waals surface area contributed by atoms with E-state index < -0.39 is 11.7 Å². The van der Waals surface area contributed by atoms with Crippen LogP contribution in [0.1, 0.15) is 27.6 Å². The molecule has 1 fully saturated rings. The van der Waals surface area contributed by atoms with E-state index in [4.69, 9.17) is 4.74 Å². The van der Waals surface area contributed by atoms with E-state index in [1.54, 1.807) is 16.9 Å². The van der Waals surface area contributed by atoms with Gasteiger partial charge >= 0.3 is 0 Å². The van der Waals surface area contributed by atoms with Crippen molar-refractivity contribution in [3.05, 3.63) is 65.9 Å². The van der Waals surface area contributed by atoms with Gasteiger partial charge in [0.05, 0.1) is 35.9 Å². The summed E-state index contributed by atoms with van der Waals surface area (Å²) in [5.41, 5.74) is 2.77. The first kappa shape index (κ1) is 24.6. The van der Waals surface area contributed by atoms with Crippen LogP contribution in [0.5, 0.6) is 0 Å². The number of aromatic amines is 1. The van der Waals surface area contributed by atoms with Crippen molar-refractivity contribution >= 4 is 28.5 Å². The van der Waals surface area contributed by atoms with Crippen molar-refractivity contribution in [1.29, 1.82) is 0 Å². The number of fused-ring (bicyclic) bond motifs is 1. The molecule has 0 radical (unpaired) electrons. The molecule has 0 spiro atoms. The van der Waals surface area contributed by atoms with Crippen LogP contribution in [-0.4, -0.2) is 75.4 Å². The topological polar surface area (TPSA) is 117 Å². The van der Waals surface area contributed by atoms with E-state index >= 15 is 0 Å². The van der Waals surface area contributed by atoms with Gasteiger partial charge in [0.1, 0.15) is 11.5 Å². The van der Waals surface area contributed by atoms with Crippen LogP contribution in [0.4, 0.5) is 10.1 Å². The summed E-state index contributed by atoms with van der Waals surface area (Å²) < 4.78 is 21.7. The minimum absolute atomic E-state index is 0.0788. The SMILES string of the molecule is CC1CN(CCNC(=O)c2ccc(F)c(NC(=O)c3cnc4[nH]c(-c5cnn(C)c5)cc4c3)c2)CCO1. The van der Waals surface area contributed by atoms with Crippen molar-refractivity contribution in [3.63, 3.8) is 0 Å². The average Bonchev–Trinajstić information content (AvgIpc) is 3.51. The Balaban J connectivity index is 1.24. The van der Waals surface area contributed by atoms with E-state index in [1.807, 2.05) is 26.2 Å². The fourth-order valence-corrected chi connectivity index (χ4v) is 4.34. The number of halogens is 1. The molecule has 1 saturated heterocycles. The third-order valence-corrected chi connectivity index (χ3v) is 6.26. The predicted octanol–water partition coefficient (Wildman–Crippen LogP) is 2.81. The van der Waals surface area contributed by atoms with Gasteiger partial charge in [0.15, 0.2) is 0 Å². The normalized spacial score (nSPS) is 16.1. The number of aromatic nitrogens is 4. The Morgan fingerprint density at radius 3 is 2.84 bits per heavy atom. The van der Waals surface area contributed by atoms with Crippen LogP contribution < -0.4 is 10.6 Å². The maximum atomic E-state index is 14.5. The summed E-state index contributed by atoms with van der Waals surface area (Å²) in [6.07, 6.45) is 5.19. The molecule has 1 aromatic carbocycles. The molecule has 4 heterocycles. The van der Waals surface area contributed by atoms with Gasteiger partial charge in [0.25, 0.3) is 11.8 Å². The highest BCUT2D eigenvalue weighted by atomic mass is 19.1. The van der Waals surface area contributed by atoms with Gasteiger partial charge < -0.3 is 20.4 Å². The smallest absolute Gasteiger partial charge is 0.257 e. The first-order valence-electron chi connectivity index (χ1n) is 12.1. The molecule has 2 amide bonds. The number of hydrogen-bond acceptors (Lipinski definition) is 6. The summed E-state index contributed by atoms with van der Waals surface area (Å²) in [6.45, 7) is 5.48. The van der Waals surface area contributed by atoms with E-state index in [0.29, 0.717) is 25.3 Å². The number of ether oxygens (including phenoxy) is 1. The number of morpholine rings is 1. The Labute approximate surface area is 212 Å². The number of carbonyl (C=O) groups excluding carboxylic acids is 2. The molecular formula is C26H28FN7O3. The number of H-pyrrole nitrogens is 1. The van der Waals surface area contributed by atoms with Crippen molar-refractivity contribution < 1.29 is 18.7 Å². The average molecular weight is 506 g/mol. The van der Waals surface area contributed by atoms with E-state index in [2.05, 4.69) is 30.6 Å². The molecule has 1 aliphatic heterocycles. The number of hydrogen-bond donors (Lipinski definition) is 3. The number of amides is 2. The summed E-state index contributed by atoms with van der Waals surface area (Å²) in [4.78, 5) is 35.3. The third-order valence-electron chi connectivity index (χ3n) is 6.26. The second kappa shape index (κ2) is 10.5. The van der Waals surface area contributed by atoms with Gasteiger partial charge in [-0.05, 0) is 37.3 Å². The standard InChI is InChI=1S/C26H28FN7O3/c1-16-14-34(7-8-37-16)6-5-28-25(35)17-3-4-21(27)23(10-17)32-26(36)19-9-18-11-22(31-24(18)29-12-19)20-13-30-33(2)15-20/h3-4,9-13,15-16H,5-8,14H2,1-2H3,(H,28,35)(H,29,31)(H,32,36).